The third-order valence-corrected chi connectivity index (χ3v) is 3.81. The molecule has 0 aromatic rings. The highest BCUT2D eigenvalue weighted by Crippen LogP contribution is 2.06. The molecule has 6 nitrogen and oxygen atoms in total. The van der Waals surface area contributed by atoms with Crippen molar-refractivity contribution in [2.75, 3.05) is 0 Å². The second-order valence-corrected chi connectivity index (χ2v) is 6.24. The van der Waals surface area contributed by atoms with Crippen molar-refractivity contribution in [2.45, 2.75) is 70.5 Å². The zero-order valence-electron chi connectivity index (χ0n) is 16.6. The van der Waals surface area contributed by atoms with Crippen LogP contribution in [0.5, 0.6) is 0 Å². The fraction of sp³-hybridized carbons (Fsp3) is 0.500. The zero-order valence-corrected chi connectivity index (χ0v) is 16.6. The number of carbonyl (C=O) groups is 1. The van der Waals surface area contributed by atoms with E-state index in [2.05, 4.69) is 9.78 Å². The maximum atomic E-state index is 10.3. The van der Waals surface area contributed by atoms with Crippen molar-refractivity contribution in [3.05, 3.63) is 60.8 Å². The minimum absolute atomic E-state index is 0.112. The number of hydrogen-bond acceptors (Lipinski definition) is 6. The van der Waals surface area contributed by atoms with E-state index in [9.17, 15) is 9.90 Å². The van der Waals surface area contributed by atoms with Gasteiger partial charge in [-0.15, -0.1) is 0 Å². The topological polar surface area (TPSA) is 99.1 Å². The van der Waals surface area contributed by atoms with Crippen LogP contribution in [0.3, 0.4) is 0 Å². The summed E-state index contributed by atoms with van der Waals surface area (Å²) in [6.07, 6.45) is 23.2. The molecular weight excluding hydrogens is 360 g/mol. The van der Waals surface area contributed by atoms with Crippen molar-refractivity contribution in [2.24, 2.45) is 0 Å². The molecule has 2 atom stereocenters. The number of carbonyl (C=O) groups excluding carboxylic acids is 1. The fourth-order valence-electron chi connectivity index (χ4n) is 2.27. The van der Waals surface area contributed by atoms with Gasteiger partial charge in [0.15, 0.2) is 0 Å². The Hall–Kier alpha value is -1.99. The highest BCUT2D eigenvalue weighted by molar-refractivity contribution is 5.64. The smallest absolute Gasteiger partial charge is 0.115 e. The van der Waals surface area contributed by atoms with Crippen LogP contribution in [0.1, 0.15) is 58.3 Å². The van der Waals surface area contributed by atoms with Crippen molar-refractivity contribution >= 4 is 5.97 Å². The zero-order chi connectivity index (χ0) is 20.9. The number of hydrogen-bond donors (Lipinski definition) is 2. The van der Waals surface area contributed by atoms with Crippen LogP contribution >= 0.6 is 0 Å². The van der Waals surface area contributed by atoms with Gasteiger partial charge in [-0.3, -0.25) is 10.5 Å². The average Bonchev–Trinajstić information content (AvgIpc) is 2.69. The van der Waals surface area contributed by atoms with Crippen molar-refractivity contribution < 1.29 is 30.2 Å². The molecule has 0 aromatic carbocycles. The van der Waals surface area contributed by atoms with E-state index in [1.165, 1.54) is 0 Å². The van der Waals surface area contributed by atoms with E-state index in [-0.39, 0.29) is 12.5 Å². The monoisotopic (exact) mass is 393 g/mol. The van der Waals surface area contributed by atoms with Gasteiger partial charge in [-0.25, -0.2) is 9.78 Å². The van der Waals surface area contributed by atoms with Crippen LogP contribution in [0.25, 0.3) is 0 Å². The third kappa shape index (κ3) is 17.4. The molecular formula is C22H33O6-. The summed E-state index contributed by atoms with van der Waals surface area (Å²) in [5.41, 5.74) is 0. The lowest BCUT2D eigenvalue weighted by Crippen LogP contribution is -2.21. The molecule has 0 aliphatic rings. The lowest BCUT2D eigenvalue weighted by atomic mass is 10.1. The van der Waals surface area contributed by atoms with Gasteiger partial charge in [-0.1, -0.05) is 74.1 Å². The van der Waals surface area contributed by atoms with Crippen LogP contribution in [-0.2, 0) is 14.6 Å². The van der Waals surface area contributed by atoms with Gasteiger partial charge in [0.05, 0.1) is 0 Å². The molecule has 0 spiro atoms. The molecule has 0 aromatic heterocycles. The number of unbranched alkanes of at least 4 members (excludes halogenated alkanes) is 3. The van der Waals surface area contributed by atoms with E-state index >= 15 is 0 Å². The number of carboxylic acid groups (broad SMARTS) is 1. The maximum absolute atomic E-state index is 10.3. The van der Waals surface area contributed by atoms with Crippen molar-refractivity contribution in [3.8, 4) is 0 Å². The molecule has 0 fully saturated rings. The number of allylic oxidation sites excluding steroid dienone is 6. The quantitative estimate of drug-likeness (QED) is 0.125. The molecule has 0 saturated heterocycles. The lowest BCUT2D eigenvalue weighted by molar-refractivity contribution is -0.305. The molecule has 2 N–H and O–H groups in total. The van der Waals surface area contributed by atoms with Gasteiger partial charge in [-0.2, -0.15) is 0 Å². The van der Waals surface area contributed by atoms with Crippen LogP contribution in [0.15, 0.2) is 60.8 Å². The first-order chi connectivity index (χ1) is 13.6. The molecule has 158 valence electrons. The normalized spacial score (nSPS) is 15.0. The Kier molecular flexibility index (Phi) is 18.4. The summed E-state index contributed by atoms with van der Waals surface area (Å²) in [5.74, 6) is -1.000. The van der Waals surface area contributed by atoms with Gasteiger partial charge >= 0.3 is 0 Å². The van der Waals surface area contributed by atoms with Crippen molar-refractivity contribution in [1.29, 1.82) is 0 Å². The van der Waals surface area contributed by atoms with Crippen LogP contribution < -0.4 is 5.11 Å². The Morgan fingerprint density at radius 1 is 0.857 bits per heavy atom. The highest BCUT2D eigenvalue weighted by Gasteiger charge is 2.01. The van der Waals surface area contributed by atoms with Gasteiger partial charge in [0.25, 0.3) is 0 Å². The first kappa shape index (κ1) is 26.0. The summed E-state index contributed by atoms with van der Waals surface area (Å²) >= 11 is 0. The van der Waals surface area contributed by atoms with Gasteiger partial charge in [0.2, 0.25) is 0 Å². The van der Waals surface area contributed by atoms with E-state index in [0.29, 0.717) is 19.3 Å². The Labute approximate surface area is 168 Å². The van der Waals surface area contributed by atoms with Gasteiger partial charge in [0, 0.05) is 5.97 Å². The standard InChI is InChI=1S/C22H34O6/c1-2-3-10-15-20(27-25)17-12-8-9-13-18-21(28-26)16-11-6-4-5-7-14-19-22(23)24/h3,6,8-13,17-18,20-21,25-26H,2,4-5,7,14-16,19H2,1H3,(H,23,24)/p-1/b9-8-,10-3-,11-6-,17-12+,18-13-. The Bertz CT molecular complexity index is 519. The third-order valence-electron chi connectivity index (χ3n) is 3.81. The predicted octanol–water partition coefficient (Wildman–Crippen LogP) is 4.37. The maximum Gasteiger partial charge on any atom is 0.115 e. The summed E-state index contributed by atoms with van der Waals surface area (Å²) in [6.45, 7) is 2.04. The summed E-state index contributed by atoms with van der Waals surface area (Å²) < 4.78 is 0. The summed E-state index contributed by atoms with van der Waals surface area (Å²) in [4.78, 5) is 19.1. The number of aliphatic carboxylic acids is 1. The minimum atomic E-state index is -1.000. The van der Waals surface area contributed by atoms with E-state index < -0.39 is 12.1 Å². The first-order valence-electron chi connectivity index (χ1n) is 9.75. The summed E-state index contributed by atoms with van der Waals surface area (Å²) in [7, 11) is 0. The highest BCUT2D eigenvalue weighted by atomic mass is 17.1. The van der Waals surface area contributed by atoms with Gasteiger partial charge in [-0.05, 0) is 44.9 Å². The molecule has 6 heteroatoms. The number of rotatable bonds is 17. The van der Waals surface area contributed by atoms with Gasteiger partial charge < -0.3 is 9.90 Å². The second kappa shape index (κ2) is 19.8. The average molecular weight is 394 g/mol. The Morgan fingerprint density at radius 2 is 1.43 bits per heavy atom. The summed E-state index contributed by atoms with van der Waals surface area (Å²) in [6, 6.07) is 0. The second-order valence-electron chi connectivity index (χ2n) is 6.24. The van der Waals surface area contributed by atoms with Crippen molar-refractivity contribution in [3.63, 3.8) is 0 Å². The first-order valence-corrected chi connectivity index (χ1v) is 9.75. The molecule has 0 aliphatic carbocycles. The molecule has 28 heavy (non-hydrogen) atoms. The number of carboxylic acids is 1. The molecule has 0 saturated carbocycles. The molecule has 0 amide bonds. The minimum Gasteiger partial charge on any atom is -0.550 e. The molecule has 0 aliphatic heterocycles. The molecule has 0 heterocycles. The predicted molar refractivity (Wildman–Crippen MR) is 108 cm³/mol. The van der Waals surface area contributed by atoms with E-state index in [4.69, 9.17) is 10.5 Å². The van der Waals surface area contributed by atoms with Crippen LogP contribution in [0.2, 0.25) is 0 Å². The molecule has 2 unspecified atom stereocenters. The molecule has 0 radical (unpaired) electrons. The fourth-order valence-corrected chi connectivity index (χ4v) is 2.27. The Morgan fingerprint density at radius 3 is 1.93 bits per heavy atom. The van der Waals surface area contributed by atoms with E-state index in [1.807, 2.05) is 31.2 Å². The lowest BCUT2D eigenvalue weighted by Gasteiger charge is -2.04. The molecule has 0 bridgehead atoms. The SMILES string of the molecule is CC/C=C\CC(/C=C/C=C\C=C/C(C/C=C\CCCCCC(=O)[O-])OO)OO. The Balaban J connectivity index is 4.05. The molecule has 0 rings (SSSR count). The summed E-state index contributed by atoms with van der Waals surface area (Å²) in [5, 5.41) is 28.0. The van der Waals surface area contributed by atoms with E-state index in [0.717, 1.165) is 25.7 Å². The van der Waals surface area contributed by atoms with Crippen LogP contribution in [0, 0.1) is 0 Å². The van der Waals surface area contributed by atoms with E-state index in [1.54, 1.807) is 36.5 Å². The van der Waals surface area contributed by atoms with Gasteiger partial charge in [0.1, 0.15) is 12.2 Å². The van der Waals surface area contributed by atoms with Crippen LogP contribution in [-0.4, -0.2) is 28.7 Å². The van der Waals surface area contributed by atoms with Crippen molar-refractivity contribution in [1.82, 2.24) is 0 Å². The largest absolute Gasteiger partial charge is 0.550 e. The van der Waals surface area contributed by atoms with Crippen LogP contribution in [0.4, 0.5) is 0 Å².